The summed E-state index contributed by atoms with van der Waals surface area (Å²) < 4.78 is 10.2. The van der Waals surface area contributed by atoms with Gasteiger partial charge in [0.15, 0.2) is 0 Å². The first kappa shape index (κ1) is 9.07. The number of benzene rings is 1. The second-order valence-electron chi connectivity index (χ2n) is 2.45. The van der Waals surface area contributed by atoms with Crippen LogP contribution >= 0.6 is 0 Å². The summed E-state index contributed by atoms with van der Waals surface area (Å²) >= 11 is 0. The van der Waals surface area contributed by atoms with Crippen molar-refractivity contribution in [1.82, 2.24) is 0 Å². The lowest BCUT2D eigenvalue weighted by atomic mass is 10.2. The monoisotopic (exact) mass is 165 g/mol. The standard InChI is InChI=1S/C10H13O2/c1-9-5-3-4-6-10(9)12-8-7-11-2/h3-6H,1,7-8H2,2H3. The van der Waals surface area contributed by atoms with Crippen molar-refractivity contribution in [3.05, 3.63) is 36.8 Å². The Morgan fingerprint density at radius 2 is 2.00 bits per heavy atom. The van der Waals surface area contributed by atoms with E-state index in [1.165, 1.54) is 0 Å². The number of hydrogen-bond acceptors (Lipinski definition) is 2. The lowest BCUT2D eigenvalue weighted by molar-refractivity contribution is 0.146. The maximum atomic E-state index is 5.39. The molecule has 1 radical (unpaired) electrons. The van der Waals surface area contributed by atoms with Crippen LogP contribution in [-0.4, -0.2) is 20.3 Å². The van der Waals surface area contributed by atoms with Crippen LogP contribution in [0.5, 0.6) is 5.75 Å². The highest BCUT2D eigenvalue weighted by Crippen LogP contribution is 2.15. The second-order valence-corrected chi connectivity index (χ2v) is 2.45. The van der Waals surface area contributed by atoms with Crippen molar-refractivity contribution >= 4 is 0 Å². The van der Waals surface area contributed by atoms with E-state index in [-0.39, 0.29) is 0 Å². The minimum absolute atomic E-state index is 0.572. The van der Waals surface area contributed by atoms with Crippen LogP contribution in [0.3, 0.4) is 0 Å². The Kier molecular flexibility index (Phi) is 3.61. The molecule has 1 aromatic rings. The van der Waals surface area contributed by atoms with Crippen molar-refractivity contribution in [3.8, 4) is 5.75 Å². The van der Waals surface area contributed by atoms with Crippen molar-refractivity contribution in [2.24, 2.45) is 0 Å². The minimum Gasteiger partial charge on any atom is -0.491 e. The van der Waals surface area contributed by atoms with Gasteiger partial charge in [0.2, 0.25) is 0 Å². The van der Waals surface area contributed by atoms with Crippen molar-refractivity contribution in [2.75, 3.05) is 20.3 Å². The highest BCUT2D eigenvalue weighted by Gasteiger charge is 1.95. The Hall–Kier alpha value is -1.02. The zero-order valence-corrected chi connectivity index (χ0v) is 7.25. The first-order valence-electron chi connectivity index (χ1n) is 3.87. The van der Waals surface area contributed by atoms with Gasteiger partial charge < -0.3 is 9.47 Å². The van der Waals surface area contributed by atoms with Gasteiger partial charge in [0.05, 0.1) is 6.61 Å². The maximum Gasteiger partial charge on any atom is 0.122 e. The van der Waals surface area contributed by atoms with E-state index in [4.69, 9.17) is 9.47 Å². The summed E-state index contributed by atoms with van der Waals surface area (Å²) in [5, 5.41) is 0. The third-order valence-electron chi connectivity index (χ3n) is 1.52. The average Bonchev–Trinajstić information content (AvgIpc) is 2.09. The lowest BCUT2D eigenvalue weighted by Crippen LogP contribution is -2.04. The summed E-state index contributed by atoms with van der Waals surface area (Å²) in [6.07, 6.45) is 0. The number of rotatable bonds is 4. The Balaban J connectivity index is 2.46. The summed E-state index contributed by atoms with van der Waals surface area (Å²) in [5.74, 6) is 0.828. The molecule has 65 valence electrons. The summed E-state index contributed by atoms with van der Waals surface area (Å²) in [6, 6.07) is 7.68. The molecule has 0 aliphatic heterocycles. The molecule has 2 heteroatoms. The highest BCUT2D eigenvalue weighted by atomic mass is 16.5. The van der Waals surface area contributed by atoms with Crippen LogP contribution in [-0.2, 0) is 4.74 Å². The van der Waals surface area contributed by atoms with Crippen LogP contribution in [0.2, 0.25) is 0 Å². The van der Waals surface area contributed by atoms with Gasteiger partial charge in [-0.15, -0.1) is 0 Å². The second kappa shape index (κ2) is 4.78. The molecule has 0 heterocycles. The smallest absolute Gasteiger partial charge is 0.122 e. The zero-order valence-electron chi connectivity index (χ0n) is 7.25. The molecule has 0 N–H and O–H groups in total. The zero-order chi connectivity index (χ0) is 8.81. The predicted octanol–water partition coefficient (Wildman–Crippen LogP) is 1.89. The van der Waals surface area contributed by atoms with E-state index in [1.54, 1.807) is 7.11 Å². The molecule has 0 spiro atoms. The van der Waals surface area contributed by atoms with Gasteiger partial charge >= 0.3 is 0 Å². The summed E-state index contributed by atoms with van der Waals surface area (Å²) in [5.41, 5.74) is 0.911. The van der Waals surface area contributed by atoms with Crippen molar-refractivity contribution < 1.29 is 9.47 Å². The minimum atomic E-state index is 0.572. The van der Waals surface area contributed by atoms with Crippen LogP contribution in [0.4, 0.5) is 0 Å². The largest absolute Gasteiger partial charge is 0.491 e. The number of methoxy groups -OCH3 is 1. The molecule has 0 fully saturated rings. The molecule has 0 amide bonds. The van der Waals surface area contributed by atoms with Crippen LogP contribution in [0, 0.1) is 6.92 Å². The van der Waals surface area contributed by atoms with Gasteiger partial charge in [0.1, 0.15) is 12.4 Å². The number of para-hydroxylation sites is 1. The Bertz CT molecular complexity index is 233. The van der Waals surface area contributed by atoms with Crippen LogP contribution in [0.1, 0.15) is 5.56 Å². The summed E-state index contributed by atoms with van der Waals surface area (Å²) in [7, 11) is 1.65. The molecule has 0 aliphatic carbocycles. The maximum absolute atomic E-state index is 5.39. The van der Waals surface area contributed by atoms with Crippen molar-refractivity contribution in [2.45, 2.75) is 0 Å². The number of ether oxygens (including phenoxy) is 2. The molecule has 2 nitrogen and oxygen atoms in total. The fourth-order valence-corrected chi connectivity index (χ4v) is 0.880. The Morgan fingerprint density at radius 3 is 2.67 bits per heavy atom. The van der Waals surface area contributed by atoms with Gasteiger partial charge in [-0.3, -0.25) is 0 Å². The topological polar surface area (TPSA) is 18.5 Å². The van der Waals surface area contributed by atoms with E-state index in [2.05, 4.69) is 6.92 Å². The fourth-order valence-electron chi connectivity index (χ4n) is 0.880. The third kappa shape index (κ3) is 2.55. The number of hydrogen-bond donors (Lipinski definition) is 0. The van der Waals surface area contributed by atoms with E-state index in [0.29, 0.717) is 13.2 Å². The SMILES string of the molecule is [CH2]c1ccccc1OCCOC. The molecule has 1 rings (SSSR count). The van der Waals surface area contributed by atoms with Crippen LogP contribution in [0.25, 0.3) is 0 Å². The van der Waals surface area contributed by atoms with E-state index in [9.17, 15) is 0 Å². The highest BCUT2D eigenvalue weighted by molar-refractivity contribution is 5.35. The molecule has 12 heavy (non-hydrogen) atoms. The van der Waals surface area contributed by atoms with Gasteiger partial charge in [-0.1, -0.05) is 18.2 Å². The predicted molar refractivity (Wildman–Crippen MR) is 48.3 cm³/mol. The van der Waals surface area contributed by atoms with E-state index in [1.807, 2.05) is 24.3 Å². The normalized spacial score (nSPS) is 9.83. The summed E-state index contributed by atoms with van der Waals surface area (Å²) in [6.45, 7) is 5.01. The first-order valence-corrected chi connectivity index (χ1v) is 3.87. The summed E-state index contributed by atoms with van der Waals surface area (Å²) in [4.78, 5) is 0. The van der Waals surface area contributed by atoms with Gasteiger partial charge in [-0.25, -0.2) is 0 Å². The molecule has 0 saturated carbocycles. The van der Waals surface area contributed by atoms with Gasteiger partial charge in [-0.2, -0.15) is 0 Å². The lowest BCUT2D eigenvalue weighted by Gasteiger charge is -2.07. The molecule has 0 bridgehead atoms. The molecular weight excluding hydrogens is 152 g/mol. The molecular formula is C10H13O2. The van der Waals surface area contributed by atoms with E-state index < -0.39 is 0 Å². The van der Waals surface area contributed by atoms with Crippen molar-refractivity contribution in [1.29, 1.82) is 0 Å². The third-order valence-corrected chi connectivity index (χ3v) is 1.52. The van der Waals surface area contributed by atoms with Crippen molar-refractivity contribution in [3.63, 3.8) is 0 Å². The molecule has 0 atom stereocenters. The molecule has 1 aromatic carbocycles. The Morgan fingerprint density at radius 1 is 1.25 bits per heavy atom. The molecule has 0 unspecified atom stereocenters. The van der Waals surface area contributed by atoms with E-state index in [0.717, 1.165) is 11.3 Å². The average molecular weight is 165 g/mol. The van der Waals surface area contributed by atoms with Gasteiger partial charge in [-0.05, 0) is 18.6 Å². The first-order chi connectivity index (χ1) is 5.84. The van der Waals surface area contributed by atoms with E-state index >= 15 is 0 Å². The Labute approximate surface area is 73.1 Å². The molecule has 0 aliphatic rings. The fraction of sp³-hybridized carbons (Fsp3) is 0.300. The quantitative estimate of drug-likeness (QED) is 0.634. The van der Waals surface area contributed by atoms with Gasteiger partial charge in [0.25, 0.3) is 0 Å². The molecule has 0 saturated heterocycles. The van der Waals surface area contributed by atoms with Gasteiger partial charge in [0, 0.05) is 7.11 Å². The molecule has 0 aromatic heterocycles. The van der Waals surface area contributed by atoms with Crippen LogP contribution < -0.4 is 4.74 Å². The van der Waals surface area contributed by atoms with Crippen LogP contribution in [0.15, 0.2) is 24.3 Å².